The Bertz CT molecular complexity index is 341. The smallest absolute Gasteiger partial charge is 0.0691 e. The molecule has 0 spiro atoms. The van der Waals surface area contributed by atoms with Crippen molar-refractivity contribution in [1.29, 1.82) is 0 Å². The van der Waals surface area contributed by atoms with Crippen LogP contribution < -0.4 is 0 Å². The van der Waals surface area contributed by atoms with Crippen LogP contribution in [0.3, 0.4) is 0 Å². The molecule has 0 bridgehead atoms. The van der Waals surface area contributed by atoms with Crippen molar-refractivity contribution in [2.75, 3.05) is 7.11 Å². The van der Waals surface area contributed by atoms with E-state index in [4.69, 9.17) is 4.74 Å². The van der Waals surface area contributed by atoms with E-state index in [0.717, 1.165) is 31.2 Å². The predicted octanol–water partition coefficient (Wildman–Crippen LogP) is 1.28. The Balaban J connectivity index is 1.94. The first-order valence-electron chi connectivity index (χ1n) is 5.84. The molecule has 0 unspecified atom stereocenters. The molecule has 16 heavy (non-hydrogen) atoms. The van der Waals surface area contributed by atoms with Crippen LogP contribution in [0.15, 0.2) is 12.4 Å². The minimum absolute atomic E-state index is 0.328. The van der Waals surface area contributed by atoms with E-state index in [-0.39, 0.29) is 0 Å². The molecule has 4 nitrogen and oxygen atoms in total. The van der Waals surface area contributed by atoms with Crippen LogP contribution in [0.25, 0.3) is 0 Å². The summed E-state index contributed by atoms with van der Waals surface area (Å²) < 4.78 is 7.09. The summed E-state index contributed by atoms with van der Waals surface area (Å²) in [6, 6.07) is 0. The van der Waals surface area contributed by atoms with Crippen LogP contribution in [0, 0.1) is 0 Å². The van der Waals surface area contributed by atoms with E-state index in [0.29, 0.717) is 12.5 Å². The zero-order valence-electron chi connectivity index (χ0n) is 10.0. The van der Waals surface area contributed by atoms with Gasteiger partial charge >= 0.3 is 0 Å². The van der Waals surface area contributed by atoms with Gasteiger partial charge in [-0.3, -0.25) is 4.68 Å². The van der Waals surface area contributed by atoms with Gasteiger partial charge in [0, 0.05) is 26.8 Å². The highest BCUT2D eigenvalue weighted by molar-refractivity contribution is 5.09. The minimum atomic E-state index is -0.557. The van der Waals surface area contributed by atoms with Gasteiger partial charge in [0.05, 0.1) is 17.9 Å². The zero-order valence-corrected chi connectivity index (χ0v) is 10.0. The lowest BCUT2D eigenvalue weighted by Crippen LogP contribution is -2.38. The first-order valence-corrected chi connectivity index (χ1v) is 5.84. The summed E-state index contributed by atoms with van der Waals surface area (Å²) in [5, 5.41) is 14.6. The molecule has 0 aliphatic heterocycles. The third-order valence-corrected chi connectivity index (χ3v) is 3.49. The van der Waals surface area contributed by atoms with Gasteiger partial charge in [0.25, 0.3) is 0 Å². The second-order valence-corrected chi connectivity index (χ2v) is 4.86. The van der Waals surface area contributed by atoms with E-state index in [1.165, 1.54) is 0 Å². The second kappa shape index (κ2) is 4.55. The minimum Gasteiger partial charge on any atom is -0.390 e. The Labute approximate surface area is 96.2 Å². The van der Waals surface area contributed by atoms with Crippen molar-refractivity contribution in [3.63, 3.8) is 0 Å². The Hall–Kier alpha value is -0.870. The lowest BCUT2D eigenvalue weighted by molar-refractivity contribution is -0.0427. The number of hydrogen-bond donors (Lipinski definition) is 1. The Morgan fingerprint density at radius 3 is 2.75 bits per heavy atom. The Kier molecular flexibility index (Phi) is 3.30. The molecular formula is C12H20N2O2. The number of hydrogen-bond acceptors (Lipinski definition) is 3. The quantitative estimate of drug-likeness (QED) is 0.841. The number of methoxy groups -OCH3 is 1. The van der Waals surface area contributed by atoms with Crippen molar-refractivity contribution >= 4 is 0 Å². The summed E-state index contributed by atoms with van der Waals surface area (Å²) in [5.41, 5.74) is 0.554. The van der Waals surface area contributed by atoms with Crippen LogP contribution in [0.1, 0.15) is 31.2 Å². The number of aryl methyl sites for hydroxylation is 1. The number of aromatic nitrogens is 2. The molecule has 1 aliphatic rings. The molecule has 1 N–H and O–H groups in total. The lowest BCUT2D eigenvalue weighted by Gasteiger charge is -2.35. The predicted molar refractivity (Wildman–Crippen MR) is 61.1 cm³/mol. The molecule has 0 radical (unpaired) electrons. The van der Waals surface area contributed by atoms with Crippen LogP contribution in [0.2, 0.25) is 0 Å². The molecule has 1 heterocycles. The molecule has 1 aliphatic carbocycles. The largest absolute Gasteiger partial charge is 0.390 e. The summed E-state index contributed by atoms with van der Waals surface area (Å²) in [4.78, 5) is 0. The fourth-order valence-corrected chi connectivity index (χ4v) is 2.48. The van der Waals surface area contributed by atoms with Gasteiger partial charge in [0.1, 0.15) is 0 Å². The average molecular weight is 224 g/mol. The molecule has 4 heteroatoms. The summed E-state index contributed by atoms with van der Waals surface area (Å²) in [5.74, 6) is 0. The standard InChI is InChI=1S/C12H20N2O2/c1-14-9-10(8-13-14)7-12(15)5-3-11(16-2)4-6-12/h8-9,11,15H,3-7H2,1-2H3. The van der Waals surface area contributed by atoms with Crippen molar-refractivity contribution in [2.24, 2.45) is 7.05 Å². The maximum atomic E-state index is 10.5. The topological polar surface area (TPSA) is 47.3 Å². The van der Waals surface area contributed by atoms with E-state index < -0.39 is 5.60 Å². The number of rotatable bonds is 3. The van der Waals surface area contributed by atoms with Gasteiger partial charge in [0.15, 0.2) is 0 Å². The first kappa shape index (κ1) is 11.6. The third kappa shape index (κ3) is 2.62. The normalized spacial score (nSPS) is 30.6. The molecule has 0 amide bonds. The van der Waals surface area contributed by atoms with Gasteiger partial charge in [0.2, 0.25) is 0 Å². The van der Waals surface area contributed by atoms with Crippen LogP contribution in [-0.4, -0.2) is 33.7 Å². The maximum Gasteiger partial charge on any atom is 0.0691 e. The number of aliphatic hydroxyl groups is 1. The van der Waals surface area contributed by atoms with Gasteiger partial charge < -0.3 is 9.84 Å². The SMILES string of the molecule is COC1CCC(O)(Cc2cnn(C)c2)CC1. The summed E-state index contributed by atoms with van der Waals surface area (Å²) in [6.07, 6.45) is 8.38. The molecule has 90 valence electrons. The number of ether oxygens (including phenoxy) is 1. The third-order valence-electron chi connectivity index (χ3n) is 3.49. The molecule has 0 saturated heterocycles. The molecule has 1 saturated carbocycles. The van der Waals surface area contributed by atoms with E-state index >= 15 is 0 Å². The van der Waals surface area contributed by atoms with Crippen LogP contribution >= 0.6 is 0 Å². The van der Waals surface area contributed by atoms with Crippen molar-refractivity contribution < 1.29 is 9.84 Å². The monoisotopic (exact) mass is 224 g/mol. The first-order chi connectivity index (χ1) is 7.61. The highest BCUT2D eigenvalue weighted by Gasteiger charge is 2.33. The van der Waals surface area contributed by atoms with E-state index in [9.17, 15) is 5.11 Å². The highest BCUT2D eigenvalue weighted by Crippen LogP contribution is 2.32. The zero-order chi connectivity index (χ0) is 11.6. The second-order valence-electron chi connectivity index (χ2n) is 4.86. The molecular weight excluding hydrogens is 204 g/mol. The lowest BCUT2D eigenvalue weighted by atomic mass is 9.80. The number of nitrogens with zero attached hydrogens (tertiary/aromatic N) is 2. The summed E-state index contributed by atoms with van der Waals surface area (Å²) in [7, 11) is 3.64. The molecule has 0 aromatic carbocycles. The molecule has 0 atom stereocenters. The average Bonchev–Trinajstić information content (AvgIpc) is 2.64. The van der Waals surface area contributed by atoms with Crippen molar-refractivity contribution in [1.82, 2.24) is 9.78 Å². The van der Waals surface area contributed by atoms with Gasteiger partial charge in [-0.1, -0.05) is 0 Å². The fourth-order valence-electron chi connectivity index (χ4n) is 2.48. The van der Waals surface area contributed by atoms with E-state index in [2.05, 4.69) is 5.10 Å². The van der Waals surface area contributed by atoms with Gasteiger partial charge in [-0.15, -0.1) is 0 Å². The van der Waals surface area contributed by atoms with Crippen molar-refractivity contribution in [2.45, 2.75) is 43.8 Å². The molecule has 2 rings (SSSR count). The van der Waals surface area contributed by atoms with Crippen molar-refractivity contribution in [3.8, 4) is 0 Å². The van der Waals surface area contributed by atoms with E-state index in [1.54, 1.807) is 11.8 Å². The van der Waals surface area contributed by atoms with Crippen molar-refractivity contribution in [3.05, 3.63) is 18.0 Å². The van der Waals surface area contributed by atoms with Crippen LogP contribution in [0.5, 0.6) is 0 Å². The highest BCUT2D eigenvalue weighted by atomic mass is 16.5. The van der Waals surface area contributed by atoms with Crippen LogP contribution in [-0.2, 0) is 18.2 Å². The van der Waals surface area contributed by atoms with Crippen LogP contribution in [0.4, 0.5) is 0 Å². The summed E-state index contributed by atoms with van der Waals surface area (Å²) >= 11 is 0. The van der Waals surface area contributed by atoms with Gasteiger partial charge in [-0.2, -0.15) is 5.10 Å². The maximum absolute atomic E-state index is 10.5. The molecule has 1 aromatic heterocycles. The molecule has 1 fully saturated rings. The molecule has 1 aromatic rings. The summed E-state index contributed by atoms with van der Waals surface area (Å²) in [6.45, 7) is 0. The Morgan fingerprint density at radius 1 is 1.56 bits per heavy atom. The Morgan fingerprint density at radius 2 is 2.25 bits per heavy atom. The van der Waals surface area contributed by atoms with E-state index in [1.807, 2.05) is 19.4 Å². The fraction of sp³-hybridized carbons (Fsp3) is 0.750. The van der Waals surface area contributed by atoms with Gasteiger partial charge in [-0.05, 0) is 31.2 Å². The van der Waals surface area contributed by atoms with Gasteiger partial charge in [-0.25, -0.2) is 0 Å².